The monoisotopic (exact) mass is 287 g/mol. The molecule has 0 aromatic heterocycles. The summed E-state index contributed by atoms with van der Waals surface area (Å²) in [5.41, 5.74) is 5.32. The molecule has 1 aromatic rings. The number of hydrogen-bond donors (Lipinski definition) is 2. The van der Waals surface area contributed by atoms with Crippen LogP contribution in [0.2, 0.25) is 0 Å². The Morgan fingerprint density at radius 2 is 1.69 bits per heavy atom. The third-order valence-corrected chi connectivity index (χ3v) is 2.12. The van der Waals surface area contributed by atoms with Crippen molar-refractivity contribution in [1.29, 1.82) is 0 Å². The van der Waals surface area contributed by atoms with Crippen molar-refractivity contribution in [2.45, 2.75) is 4.90 Å². The van der Waals surface area contributed by atoms with Crippen molar-refractivity contribution in [1.82, 2.24) is 0 Å². The summed E-state index contributed by atoms with van der Waals surface area (Å²) >= 11 is 0.700. The van der Waals surface area contributed by atoms with E-state index >= 15 is 0 Å². The van der Waals surface area contributed by atoms with Gasteiger partial charge in [-0.15, -0.1) is 0 Å². The SMILES string of the molecule is Nc1ccccc1S(=O)(=O)O.[O]=[Mo]. The van der Waals surface area contributed by atoms with Gasteiger partial charge in [0.2, 0.25) is 0 Å². The van der Waals surface area contributed by atoms with E-state index in [-0.39, 0.29) is 10.6 Å². The summed E-state index contributed by atoms with van der Waals surface area (Å²) in [4.78, 5) is -0.250. The predicted octanol–water partition coefficient (Wildman–Crippen LogP) is 0.394. The first kappa shape index (κ1) is 12.4. The van der Waals surface area contributed by atoms with Crippen LogP contribution in [-0.4, -0.2) is 13.0 Å². The first-order chi connectivity index (χ1) is 6.02. The quantitative estimate of drug-likeness (QED) is 0.442. The molecule has 1 aromatic carbocycles. The van der Waals surface area contributed by atoms with E-state index in [9.17, 15) is 8.42 Å². The van der Waals surface area contributed by atoms with Gasteiger partial charge >= 0.3 is 23.2 Å². The molecule has 0 saturated heterocycles. The van der Waals surface area contributed by atoms with Crippen LogP contribution in [0.5, 0.6) is 0 Å². The molecule has 1 rings (SSSR count). The molecule has 0 saturated carbocycles. The van der Waals surface area contributed by atoms with Crippen LogP contribution in [0.25, 0.3) is 0 Å². The molecule has 0 atom stereocenters. The Kier molecular flexibility index (Phi) is 4.98. The number of rotatable bonds is 1. The third kappa shape index (κ3) is 3.76. The molecule has 0 aliphatic carbocycles. The number of nitrogens with two attached hydrogens (primary N) is 1. The molecular weight excluding hydrogens is 278 g/mol. The minimum absolute atomic E-state index is 0.0509. The standard InChI is InChI=1S/C6H7NO3S.Mo.O/c7-5-3-1-2-4-6(5)11(8,9)10;;/h1-4H,7H2,(H,8,9,10);;. The van der Waals surface area contributed by atoms with E-state index in [0.29, 0.717) is 19.8 Å². The van der Waals surface area contributed by atoms with Crippen molar-refractivity contribution in [2.24, 2.45) is 0 Å². The molecule has 7 heteroatoms. The second-order valence-corrected chi connectivity index (χ2v) is 3.40. The number of benzene rings is 1. The maximum atomic E-state index is 10.5. The van der Waals surface area contributed by atoms with Crippen molar-refractivity contribution < 1.29 is 36.1 Å². The van der Waals surface area contributed by atoms with Gasteiger partial charge in [-0.3, -0.25) is 4.55 Å². The van der Waals surface area contributed by atoms with Gasteiger partial charge < -0.3 is 5.73 Å². The van der Waals surface area contributed by atoms with Gasteiger partial charge in [-0.25, -0.2) is 0 Å². The van der Waals surface area contributed by atoms with Gasteiger partial charge in [0, 0.05) is 0 Å². The second kappa shape index (κ2) is 5.21. The van der Waals surface area contributed by atoms with Crippen LogP contribution in [0.15, 0.2) is 29.2 Å². The Bertz CT molecular complexity index is 378. The zero-order valence-electron chi connectivity index (χ0n) is 6.38. The van der Waals surface area contributed by atoms with E-state index in [1.807, 2.05) is 0 Å². The van der Waals surface area contributed by atoms with Crippen LogP contribution in [0.3, 0.4) is 0 Å². The van der Waals surface area contributed by atoms with Gasteiger partial charge in [0.25, 0.3) is 10.1 Å². The Balaban J connectivity index is 0.000000671. The van der Waals surface area contributed by atoms with Crippen LogP contribution >= 0.6 is 0 Å². The van der Waals surface area contributed by atoms with E-state index in [2.05, 4.69) is 0 Å². The second-order valence-electron chi connectivity index (χ2n) is 2.01. The van der Waals surface area contributed by atoms with Crippen molar-refractivity contribution >= 4 is 15.8 Å². The summed E-state index contributed by atoms with van der Waals surface area (Å²) in [6, 6.07) is 5.72. The van der Waals surface area contributed by atoms with Crippen molar-refractivity contribution in [3.05, 3.63) is 24.3 Å². The minimum atomic E-state index is -4.16. The number of anilines is 1. The van der Waals surface area contributed by atoms with E-state index < -0.39 is 10.1 Å². The summed E-state index contributed by atoms with van der Waals surface area (Å²) in [6.45, 7) is 0. The fourth-order valence-electron chi connectivity index (χ4n) is 0.715. The third-order valence-electron chi connectivity index (χ3n) is 1.20. The van der Waals surface area contributed by atoms with Gasteiger partial charge in [-0.2, -0.15) is 8.42 Å². The van der Waals surface area contributed by atoms with Crippen LogP contribution in [0, 0.1) is 0 Å². The first-order valence-electron chi connectivity index (χ1n) is 3.00. The Morgan fingerprint density at radius 3 is 2.00 bits per heavy atom. The van der Waals surface area contributed by atoms with Gasteiger partial charge in [-0.05, 0) is 12.1 Å². The molecule has 0 amide bonds. The zero-order valence-corrected chi connectivity index (χ0v) is 9.20. The van der Waals surface area contributed by atoms with E-state index in [0.717, 1.165) is 0 Å². The molecule has 0 spiro atoms. The summed E-state index contributed by atoms with van der Waals surface area (Å²) in [5, 5.41) is 0. The number of hydrogen-bond acceptors (Lipinski definition) is 4. The molecule has 0 aliphatic rings. The van der Waals surface area contributed by atoms with Gasteiger partial charge in [0.05, 0.1) is 5.69 Å². The van der Waals surface area contributed by atoms with Crippen molar-refractivity contribution in [2.75, 3.05) is 5.73 Å². The first-order valence-corrected chi connectivity index (χ1v) is 5.26. The summed E-state index contributed by atoms with van der Waals surface area (Å²) in [6.07, 6.45) is 0. The van der Waals surface area contributed by atoms with Crippen LogP contribution in [0.1, 0.15) is 0 Å². The molecule has 0 bridgehead atoms. The normalized spacial score (nSPS) is 9.92. The molecule has 0 heterocycles. The Labute approximate surface area is 86.9 Å². The van der Waals surface area contributed by atoms with E-state index in [4.69, 9.17) is 13.7 Å². The summed E-state index contributed by atoms with van der Waals surface area (Å²) in [7, 11) is -4.16. The fourth-order valence-corrected chi connectivity index (χ4v) is 1.33. The zero-order chi connectivity index (χ0) is 10.5. The fraction of sp³-hybridized carbons (Fsp3) is 0. The van der Waals surface area contributed by atoms with Gasteiger partial charge in [0.15, 0.2) is 0 Å². The number of para-hydroxylation sites is 1. The van der Waals surface area contributed by atoms with Crippen LogP contribution < -0.4 is 5.73 Å². The summed E-state index contributed by atoms with van der Waals surface area (Å²) < 4.78 is 37.9. The molecular formula is C6H7MoNO4S. The molecule has 5 nitrogen and oxygen atoms in total. The molecule has 0 fully saturated rings. The Morgan fingerprint density at radius 1 is 1.23 bits per heavy atom. The molecule has 0 aliphatic heterocycles. The topological polar surface area (TPSA) is 97.5 Å². The molecule has 0 unspecified atom stereocenters. The predicted molar refractivity (Wildman–Crippen MR) is 41.4 cm³/mol. The van der Waals surface area contributed by atoms with Gasteiger partial charge in [0.1, 0.15) is 4.90 Å². The van der Waals surface area contributed by atoms with Gasteiger partial charge in [-0.1, -0.05) is 12.1 Å². The van der Waals surface area contributed by atoms with Crippen LogP contribution in [-0.2, 0) is 33.3 Å². The van der Waals surface area contributed by atoms with Crippen molar-refractivity contribution in [3.63, 3.8) is 0 Å². The van der Waals surface area contributed by atoms with Crippen molar-refractivity contribution in [3.8, 4) is 0 Å². The van der Waals surface area contributed by atoms with E-state index in [1.54, 1.807) is 6.07 Å². The Hall–Kier alpha value is -0.582. The van der Waals surface area contributed by atoms with E-state index in [1.165, 1.54) is 18.2 Å². The van der Waals surface area contributed by atoms with Crippen LogP contribution in [0.4, 0.5) is 5.69 Å². The average molecular weight is 285 g/mol. The molecule has 13 heavy (non-hydrogen) atoms. The number of nitrogen functional groups attached to an aromatic ring is 1. The molecule has 72 valence electrons. The summed E-state index contributed by atoms with van der Waals surface area (Å²) in [5.74, 6) is 0. The average Bonchev–Trinajstić information content (AvgIpc) is 2.07. The molecule has 3 N–H and O–H groups in total. The molecule has 0 radical (unpaired) electrons. The maximum absolute atomic E-state index is 10.5.